The average molecular weight is 503 g/mol. The molecule has 4 aromatic rings. The largest absolute Gasteiger partial charge is 0.484 e. The standard InChI is InChI=1S/C30H31O3PS/c1-35(2,30-17-11-27(12-18-30)26-9-3-23(19-31)4-10-26)22-33-28-13-5-24(6-14-28)20-32-21-25-7-15-29(34)16-8-25/h3-19H,20-22,34H2,1-2H3. The quantitative estimate of drug-likeness (QED) is 0.176. The zero-order valence-corrected chi connectivity index (χ0v) is 22.1. The molecule has 35 heavy (non-hydrogen) atoms. The lowest BCUT2D eigenvalue weighted by Crippen LogP contribution is -2.08. The fourth-order valence-corrected chi connectivity index (χ4v) is 5.27. The molecule has 1 unspecified atom stereocenters. The Balaban J connectivity index is 1.29. The van der Waals surface area contributed by atoms with E-state index in [1.807, 2.05) is 36.4 Å². The van der Waals surface area contributed by atoms with Crippen molar-refractivity contribution in [1.82, 2.24) is 0 Å². The summed E-state index contributed by atoms with van der Waals surface area (Å²) in [7, 11) is 1.57. The second-order valence-corrected chi connectivity index (χ2v) is 13.4. The van der Waals surface area contributed by atoms with Gasteiger partial charge in [0.1, 0.15) is 18.0 Å². The molecular formula is C30H31O3PS. The van der Waals surface area contributed by atoms with Crippen molar-refractivity contribution in [3.05, 3.63) is 114 Å². The average Bonchev–Trinajstić information content (AvgIpc) is 2.89. The van der Waals surface area contributed by atoms with Crippen LogP contribution in [-0.2, 0) is 18.0 Å². The van der Waals surface area contributed by atoms with E-state index < -0.39 is 10.0 Å². The number of hydrogen-bond acceptors (Lipinski definition) is 3. The van der Waals surface area contributed by atoms with Crippen LogP contribution in [0.1, 0.15) is 21.5 Å². The van der Waals surface area contributed by atoms with Crippen molar-refractivity contribution in [2.45, 2.75) is 18.1 Å². The molecule has 0 N–H and O–H groups in total. The number of ether oxygens (including phenoxy) is 2. The third kappa shape index (κ3) is 7.05. The van der Waals surface area contributed by atoms with Gasteiger partial charge < -0.3 is 9.47 Å². The first-order valence-electron chi connectivity index (χ1n) is 11.4. The fourth-order valence-electron chi connectivity index (χ4n) is 3.64. The molecule has 4 rings (SSSR count). The van der Waals surface area contributed by atoms with Crippen LogP contribution in [0.5, 0.6) is 5.75 Å². The summed E-state index contributed by atoms with van der Waals surface area (Å²) < 4.78 is 12.0. The molecule has 0 heterocycles. The summed E-state index contributed by atoms with van der Waals surface area (Å²) in [6, 6.07) is 32.8. The first-order chi connectivity index (χ1) is 16.9. The van der Waals surface area contributed by atoms with E-state index in [1.54, 1.807) is 0 Å². The van der Waals surface area contributed by atoms with Gasteiger partial charge in [-0.15, -0.1) is 9.24 Å². The fraction of sp³-hybridized carbons (Fsp3) is 0.167. The topological polar surface area (TPSA) is 35.5 Å². The molecule has 0 bridgehead atoms. The Morgan fingerprint density at radius 2 is 1.23 bits per heavy atom. The molecular weight excluding hydrogens is 471 g/mol. The molecule has 0 aromatic heterocycles. The molecule has 0 aliphatic carbocycles. The van der Waals surface area contributed by atoms with Crippen LogP contribution in [-0.4, -0.2) is 24.7 Å². The van der Waals surface area contributed by atoms with Crippen molar-refractivity contribution in [3.8, 4) is 16.9 Å². The first kappa shape index (κ1) is 25.2. The molecule has 0 aliphatic rings. The van der Waals surface area contributed by atoms with E-state index in [-0.39, 0.29) is 0 Å². The number of benzene rings is 4. The Morgan fingerprint density at radius 3 is 1.77 bits per heavy atom. The van der Waals surface area contributed by atoms with Crippen LogP contribution in [0, 0.1) is 0 Å². The molecule has 0 radical (unpaired) electrons. The number of hydrogen-bond donors (Lipinski definition) is 0. The van der Waals surface area contributed by atoms with Gasteiger partial charge in [-0.1, -0.05) is 72.8 Å². The molecule has 0 amide bonds. The van der Waals surface area contributed by atoms with Crippen molar-refractivity contribution >= 4 is 30.9 Å². The molecule has 0 saturated heterocycles. The van der Waals surface area contributed by atoms with Gasteiger partial charge in [0.15, 0.2) is 0 Å². The van der Waals surface area contributed by atoms with Crippen LogP contribution in [0.15, 0.2) is 102 Å². The highest BCUT2D eigenvalue weighted by Gasteiger charge is 2.16. The van der Waals surface area contributed by atoms with E-state index in [2.05, 4.69) is 82.4 Å². The van der Waals surface area contributed by atoms with Crippen LogP contribution in [0.2, 0.25) is 0 Å². The summed E-state index contributed by atoms with van der Waals surface area (Å²) in [4.78, 5) is 12.2. The highest BCUT2D eigenvalue weighted by atomic mass is 32.3. The lowest BCUT2D eigenvalue weighted by atomic mass is 10.0. The van der Waals surface area contributed by atoms with Gasteiger partial charge in [0.05, 0.1) is 13.2 Å². The minimum Gasteiger partial charge on any atom is -0.484 e. The van der Waals surface area contributed by atoms with Crippen molar-refractivity contribution in [2.24, 2.45) is 0 Å². The lowest BCUT2D eigenvalue weighted by Gasteiger charge is -2.31. The van der Waals surface area contributed by atoms with Gasteiger partial charge in [0.2, 0.25) is 0 Å². The van der Waals surface area contributed by atoms with Crippen LogP contribution < -0.4 is 10.0 Å². The van der Waals surface area contributed by atoms with E-state index in [9.17, 15) is 4.79 Å². The number of aldehydes is 1. The molecule has 4 aromatic carbocycles. The summed E-state index contributed by atoms with van der Waals surface area (Å²) in [5.41, 5.74) is 5.23. The molecule has 5 heteroatoms. The van der Waals surface area contributed by atoms with Gasteiger partial charge in [0.25, 0.3) is 0 Å². The van der Waals surface area contributed by atoms with E-state index in [0.717, 1.165) is 28.7 Å². The SMILES string of the molecule is CS(C)(COc1ccc(COCc2ccc(P)cc2)cc1)c1ccc(-c2ccc(C=O)cc2)cc1. The normalized spacial score (nSPS) is 11.7. The Kier molecular flexibility index (Phi) is 8.41. The minimum atomic E-state index is -1.12. The molecule has 0 saturated carbocycles. The van der Waals surface area contributed by atoms with Crippen molar-refractivity contribution in [1.29, 1.82) is 0 Å². The highest BCUT2D eigenvalue weighted by Crippen LogP contribution is 2.49. The van der Waals surface area contributed by atoms with Gasteiger partial charge in [0, 0.05) is 5.56 Å². The van der Waals surface area contributed by atoms with Gasteiger partial charge in [-0.2, -0.15) is 10.0 Å². The maximum atomic E-state index is 10.9. The number of rotatable bonds is 10. The summed E-state index contributed by atoms with van der Waals surface area (Å²) in [5.74, 6) is 1.53. The van der Waals surface area contributed by atoms with E-state index in [4.69, 9.17) is 9.47 Å². The molecule has 0 aliphatic heterocycles. The molecule has 3 nitrogen and oxygen atoms in total. The Bertz CT molecular complexity index is 1230. The molecule has 0 fully saturated rings. The van der Waals surface area contributed by atoms with Gasteiger partial charge in [-0.25, -0.2) is 0 Å². The molecule has 1 atom stereocenters. The van der Waals surface area contributed by atoms with Gasteiger partial charge >= 0.3 is 0 Å². The van der Waals surface area contributed by atoms with E-state index in [0.29, 0.717) is 24.7 Å². The second kappa shape index (κ2) is 11.7. The van der Waals surface area contributed by atoms with Crippen LogP contribution in [0.3, 0.4) is 0 Å². The number of carbonyl (C=O) groups is 1. The predicted octanol–water partition coefficient (Wildman–Crippen LogP) is 6.84. The molecule has 0 spiro atoms. The van der Waals surface area contributed by atoms with Crippen molar-refractivity contribution in [2.75, 3.05) is 18.5 Å². The zero-order chi connectivity index (χ0) is 24.7. The maximum absolute atomic E-state index is 10.9. The Morgan fingerprint density at radius 1 is 0.714 bits per heavy atom. The molecule has 180 valence electrons. The van der Waals surface area contributed by atoms with E-state index in [1.165, 1.54) is 15.8 Å². The van der Waals surface area contributed by atoms with Crippen molar-refractivity contribution < 1.29 is 14.3 Å². The first-order valence-corrected chi connectivity index (χ1v) is 14.6. The van der Waals surface area contributed by atoms with Gasteiger partial charge in [-0.3, -0.25) is 4.79 Å². The highest BCUT2D eigenvalue weighted by molar-refractivity contribution is 8.32. The zero-order valence-electron chi connectivity index (χ0n) is 20.1. The predicted molar refractivity (Wildman–Crippen MR) is 151 cm³/mol. The number of carbonyl (C=O) groups excluding carboxylic acids is 1. The van der Waals surface area contributed by atoms with Crippen LogP contribution in [0.4, 0.5) is 0 Å². The summed E-state index contributed by atoms with van der Waals surface area (Å²) in [5, 5.41) is 1.17. The van der Waals surface area contributed by atoms with E-state index >= 15 is 0 Å². The summed E-state index contributed by atoms with van der Waals surface area (Å²) in [6.45, 7) is 1.17. The van der Waals surface area contributed by atoms with Gasteiger partial charge in [-0.05, 0) is 69.2 Å². The smallest absolute Gasteiger partial charge is 0.150 e. The lowest BCUT2D eigenvalue weighted by molar-refractivity contribution is 0.107. The Hall–Kier alpha value is -2.91. The second-order valence-electron chi connectivity index (χ2n) is 8.94. The monoisotopic (exact) mass is 502 g/mol. The summed E-state index contributed by atoms with van der Waals surface area (Å²) >= 11 is 0. The maximum Gasteiger partial charge on any atom is 0.150 e. The Labute approximate surface area is 212 Å². The third-order valence-corrected chi connectivity index (χ3v) is 8.47. The summed E-state index contributed by atoms with van der Waals surface area (Å²) in [6.07, 6.45) is 5.41. The van der Waals surface area contributed by atoms with Crippen LogP contribution >= 0.6 is 19.3 Å². The minimum absolute atomic E-state index is 0.573. The van der Waals surface area contributed by atoms with Crippen molar-refractivity contribution in [3.63, 3.8) is 0 Å². The third-order valence-electron chi connectivity index (χ3n) is 5.83. The van der Waals surface area contributed by atoms with Crippen LogP contribution in [0.25, 0.3) is 11.1 Å².